The number of rotatable bonds is 6. The van der Waals surface area contributed by atoms with Crippen LogP contribution in [0.1, 0.15) is 13.3 Å². The van der Waals surface area contributed by atoms with Crippen molar-refractivity contribution in [3.8, 4) is 0 Å². The molecule has 0 saturated heterocycles. The van der Waals surface area contributed by atoms with Crippen LogP contribution < -0.4 is 5.73 Å². The number of anilines is 1. The van der Waals surface area contributed by atoms with Gasteiger partial charge in [-0.1, -0.05) is 6.92 Å². The Bertz CT molecular complexity index is 251. The summed E-state index contributed by atoms with van der Waals surface area (Å²) in [5.74, 6) is 0.941. The zero-order valence-corrected chi connectivity index (χ0v) is 9.22. The molecule has 0 aliphatic rings. The molecule has 0 aromatic carbocycles. The van der Waals surface area contributed by atoms with Crippen LogP contribution in [0.4, 0.5) is 5.69 Å². The minimum absolute atomic E-state index is 0.705. The Labute approximate surface area is 89.1 Å². The van der Waals surface area contributed by atoms with E-state index in [4.69, 9.17) is 10.5 Å². The van der Waals surface area contributed by atoms with Crippen molar-refractivity contribution in [2.45, 2.75) is 18.4 Å². The summed E-state index contributed by atoms with van der Waals surface area (Å²) in [6, 6.07) is 3.79. The lowest BCUT2D eigenvalue weighted by Gasteiger charge is -2.02. The maximum atomic E-state index is 5.52. The van der Waals surface area contributed by atoms with Crippen molar-refractivity contribution in [1.82, 2.24) is 4.98 Å². The smallest absolute Gasteiger partial charge is 0.0962 e. The lowest BCUT2D eigenvalue weighted by Crippen LogP contribution is -1.98. The number of aromatic nitrogens is 1. The van der Waals surface area contributed by atoms with E-state index in [1.54, 1.807) is 18.0 Å². The number of hydrogen-bond acceptors (Lipinski definition) is 4. The first-order valence-electron chi connectivity index (χ1n) is 4.75. The number of nitrogens with zero attached hydrogens (tertiary/aromatic N) is 1. The summed E-state index contributed by atoms with van der Waals surface area (Å²) in [5.41, 5.74) is 6.23. The van der Waals surface area contributed by atoms with Crippen molar-refractivity contribution in [3.05, 3.63) is 18.3 Å². The van der Waals surface area contributed by atoms with Gasteiger partial charge in [0.15, 0.2) is 0 Å². The molecule has 0 fully saturated rings. The fourth-order valence-electron chi connectivity index (χ4n) is 0.929. The van der Waals surface area contributed by atoms with E-state index in [-0.39, 0.29) is 0 Å². The molecule has 1 aromatic rings. The van der Waals surface area contributed by atoms with Crippen molar-refractivity contribution in [3.63, 3.8) is 0 Å². The third-order valence-electron chi connectivity index (χ3n) is 1.59. The molecule has 0 atom stereocenters. The van der Waals surface area contributed by atoms with Crippen LogP contribution in [0, 0.1) is 0 Å². The molecule has 0 saturated carbocycles. The van der Waals surface area contributed by atoms with Crippen LogP contribution in [-0.4, -0.2) is 24.0 Å². The Morgan fingerprint density at radius 2 is 2.29 bits per heavy atom. The zero-order valence-electron chi connectivity index (χ0n) is 8.40. The Hall–Kier alpha value is -0.740. The molecule has 4 heteroatoms. The second-order valence-electron chi connectivity index (χ2n) is 2.89. The van der Waals surface area contributed by atoms with E-state index in [1.165, 1.54) is 0 Å². The van der Waals surface area contributed by atoms with Crippen molar-refractivity contribution >= 4 is 17.4 Å². The second-order valence-corrected chi connectivity index (χ2v) is 4.01. The van der Waals surface area contributed by atoms with Crippen molar-refractivity contribution < 1.29 is 4.74 Å². The van der Waals surface area contributed by atoms with Gasteiger partial charge in [0.05, 0.1) is 23.5 Å². The van der Waals surface area contributed by atoms with Gasteiger partial charge in [0.25, 0.3) is 0 Å². The molecular weight excluding hydrogens is 196 g/mol. The fraction of sp³-hybridized carbons (Fsp3) is 0.500. The number of hydrogen-bond donors (Lipinski definition) is 1. The minimum Gasteiger partial charge on any atom is -0.397 e. The van der Waals surface area contributed by atoms with E-state index in [2.05, 4.69) is 11.9 Å². The van der Waals surface area contributed by atoms with Crippen LogP contribution in [0.3, 0.4) is 0 Å². The molecule has 0 aliphatic heterocycles. The van der Waals surface area contributed by atoms with E-state index in [0.717, 1.165) is 30.4 Å². The minimum atomic E-state index is 0.705. The SMILES string of the molecule is CCCOCCSc1ccc(N)cn1. The van der Waals surface area contributed by atoms with Gasteiger partial charge >= 0.3 is 0 Å². The Kier molecular flexibility index (Phi) is 5.40. The zero-order chi connectivity index (χ0) is 10.2. The predicted molar refractivity (Wildman–Crippen MR) is 60.5 cm³/mol. The first-order valence-corrected chi connectivity index (χ1v) is 5.73. The molecule has 0 aliphatic carbocycles. The highest BCUT2D eigenvalue weighted by Gasteiger charge is 1.94. The van der Waals surface area contributed by atoms with Gasteiger partial charge in [-0.2, -0.15) is 0 Å². The van der Waals surface area contributed by atoms with E-state index >= 15 is 0 Å². The third-order valence-corrected chi connectivity index (χ3v) is 2.49. The van der Waals surface area contributed by atoms with Crippen LogP contribution in [0.25, 0.3) is 0 Å². The van der Waals surface area contributed by atoms with Crippen molar-refractivity contribution in [1.29, 1.82) is 0 Å². The molecule has 3 nitrogen and oxygen atoms in total. The highest BCUT2D eigenvalue weighted by Crippen LogP contribution is 2.15. The van der Waals surface area contributed by atoms with Gasteiger partial charge < -0.3 is 10.5 Å². The topological polar surface area (TPSA) is 48.1 Å². The number of thioether (sulfide) groups is 1. The van der Waals surface area contributed by atoms with Crippen LogP contribution in [-0.2, 0) is 4.74 Å². The summed E-state index contributed by atoms with van der Waals surface area (Å²) in [5, 5.41) is 0.999. The summed E-state index contributed by atoms with van der Waals surface area (Å²) in [7, 11) is 0. The molecule has 1 aromatic heterocycles. The highest BCUT2D eigenvalue weighted by molar-refractivity contribution is 7.99. The normalized spacial score (nSPS) is 10.4. The van der Waals surface area contributed by atoms with E-state index in [0.29, 0.717) is 5.69 Å². The molecular formula is C10H16N2OS. The average molecular weight is 212 g/mol. The first kappa shape index (κ1) is 11.3. The lowest BCUT2D eigenvalue weighted by atomic mass is 10.4. The van der Waals surface area contributed by atoms with Gasteiger partial charge in [0.2, 0.25) is 0 Å². The molecule has 1 heterocycles. The summed E-state index contributed by atoms with van der Waals surface area (Å²) in [6.07, 6.45) is 2.75. The number of pyridine rings is 1. The summed E-state index contributed by atoms with van der Waals surface area (Å²) in [6.45, 7) is 3.73. The van der Waals surface area contributed by atoms with Gasteiger partial charge in [0, 0.05) is 12.4 Å². The van der Waals surface area contributed by atoms with Gasteiger partial charge in [0.1, 0.15) is 0 Å². The average Bonchev–Trinajstić information content (AvgIpc) is 2.21. The monoisotopic (exact) mass is 212 g/mol. The van der Waals surface area contributed by atoms with Gasteiger partial charge in [-0.15, -0.1) is 11.8 Å². The summed E-state index contributed by atoms with van der Waals surface area (Å²) in [4.78, 5) is 4.18. The highest BCUT2D eigenvalue weighted by atomic mass is 32.2. The Morgan fingerprint density at radius 1 is 1.43 bits per heavy atom. The standard InChI is InChI=1S/C10H16N2OS/c1-2-5-13-6-7-14-10-4-3-9(11)8-12-10/h3-4,8H,2,5-7,11H2,1H3. The quantitative estimate of drug-likeness (QED) is 0.580. The molecule has 0 amide bonds. The number of ether oxygens (including phenoxy) is 1. The molecule has 0 bridgehead atoms. The summed E-state index contributed by atoms with van der Waals surface area (Å²) >= 11 is 1.69. The van der Waals surface area contributed by atoms with E-state index < -0.39 is 0 Å². The fourth-order valence-corrected chi connectivity index (χ4v) is 1.63. The molecule has 78 valence electrons. The summed E-state index contributed by atoms with van der Waals surface area (Å²) < 4.78 is 5.35. The second kappa shape index (κ2) is 6.68. The van der Waals surface area contributed by atoms with E-state index in [9.17, 15) is 0 Å². The first-order chi connectivity index (χ1) is 6.83. The Morgan fingerprint density at radius 3 is 2.93 bits per heavy atom. The van der Waals surface area contributed by atoms with Crippen molar-refractivity contribution in [2.75, 3.05) is 24.7 Å². The van der Waals surface area contributed by atoms with Gasteiger partial charge in [-0.25, -0.2) is 4.98 Å². The maximum absolute atomic E-state index is 5.52. The van der Waals surface area contributed by atoms with Crippen LogP contribution in [0.15, 0.2) is 23.4 Å². The van der Waals surface area contributed by atoms with Crippen LogP contribution >= 0.6 is 11.8 Å². The number of nitrogens with two attached hydrogens (primary N) is 1. The molecule has 1 rings (SSSR count). The maximum Gasteiger partial charge on any atom is 0.0962 e. The largest absolute Gasteiger partial charge is 0.397 e. The van der Waals surface area contributed by atoms with Gasteiger partial charge in [-0.05, 0) is 18.6 Å². The lowest BCUT2D eigenvalue weighted by molar-refractivity contribution is 0.151. The third kappa shape index (κ3) is 4.48. The molecule has 0 radical (unpaired) electrons. The van der Waals surface area contributed by atoms with Crippen LogP contribution in [0.5, 0.6) is 0 Å². The number of nitrogen functional groups attached to an aromatic ring is 1. The van der Waals surface area contributed by atoms with E-state index in [1.807, 2.05) is 12.1 Å². The molecule has 0 spiro atoms. The molecule has 2 N–H and O–H groups in total. The Balaban J connectivity index is 2.15. The molecule has 0 unspecified atom stereocenters. The molecule has 14 heavy (non-hydrogen) atoms. The van der Waals surface area contributed by atoms with Crippen LogP contribution in [0.2, 0.25) is 0 Å². The predicted octanol–water partition coefficient (Wildman–Crippen LogP) is 2.18. The van der Waals surface area contributed by atoms with Gasteiger partial charge in [-0.3, -0.25) is 0 Å². The van der Waals surface area contributed by atoms with Crippen molar-refractivity contribution in [2.24, 2.45) is 0 Å².